The molecule has 0 bridgehead atoms. The van der Waals surface area contributed by atoms with Gasteiger partial charge in [-0.25, -0.2) is 10.2 Å². The van der Waals surface area contributed by atoms with Gasteiger partial charge in [0.1, 0.15) is 11.6 Å². The fourth-order valence-electron chi connectivity index (χ4n) is 2.70. The van der Waals surface area contributed by atoms with Crippen LogP contribution >= 0.6 is 0 Å². The predicted molar refractivity (Wildman–Crippen MR) is 88.9 cm³/mol. The van der Waals surface area contributed by atoms with E-state index in [0.717, 1.165) is 11.1 Å². The Kier molecular flexibility index (Phi) is 4.18. The van der Waals surface area contributed by atoms with Crippen LogP contribution in [0, 0.1) is 5.82 Å². The van der Waals surface area contributed by atoms with E-state index >= 15 is 0 Å². The number of methoxy groups -OCH3 is 1. The summed E-state index contributed by atoms with van der Waals surface area (Å²) in [5.41, 5.74) is 9.77. The van der Waals surface area contributed by atoms with E-state index in [1.165, 1.54) is 17.1 Å². The molecule has 0 aromatic heterocycles. The largest absolute Gasteiger partial charge is 0.496 e. The smallest absolute Gasteiger partial charge is 0.128 e. The Morgan fingerprint density at radius 2 is 2.00 bits per heavy atom. The second kappa shape index (κ2) is 6.28. The molecule has 0 spiro atoms. The van der Waals surface area contributed by atoms with Crippen molar-refractivity contribution in [2.75, 3.05) is 18.7 Å². The Hall–Kier alpha value is -2.57. The van der Waals surface area contributed by atoms with Crippen LogP contribution in [0.5, 0.6) is 5.75 Å². The van der Waals surface area contributed by atoms with Gasteiger partial charge in [-0.2, -0.15) is 0 Å². The number of nitrogens with zero attached hydrogens (tertiary/aromatic N) is 1. The normalized spacial score (nSPS) is 16.6. The van der Waals surface area contributed by atoms with E-state index in [-0.39, 0.29) is 5.82 Å². The van der Waals surface area contributed by atoms with Gasteiger partial charge in [0.25, 0.3) is 0 Å². The molecule has 5 N–H and O–H groups in total. The molecule has 0 saturated heterocycles. The third-order valence-electron chi connectivity index (χ3n) is 3.91. The first-order valence-electron chi connectivity index (χ1n) is 7.28. The van der Waals surface area contributed by atoms with E-state index < -0.39 is 0 Å². The quantitative estimate of drug-likeness (QED) is 0.739. The molecule has 0 aliphatic carbocycles. The number of hydrogen-bond donors (Lipinski definition) is 3. The Morgan fingerprint density at radius 3 is 2.78 bits per heavy atom. The molecule has 0 fully saturated rings. The summed E-state index contributed by atoms with van der Waals surface area (Å²) in [6.07, 6.45) is 0. The molecule has 5 nitrogen and oxygen atoms in total. The summed E-state index contributed by atoms with van der Waals surface area (Å²) < 4.78 is 19.0. The highest BCUT2D eigenvalue weighted by Crippen LogP contribution is 2.30. The maximum atomic E-state index is 13.6. The third-order valence-corrected chi connectivity index (χ3v) is 3.91. The van der Waals surface area contributed by atoms with Crippen molar-refractivity contribution < 1.29 is 9.13 Å². The molecule has 6 heteroatoms. The van der Waals surface area contributed by atoms with Gasteiger partial charge in [0.2, 0.25) is 0 Å². The number of nitrogens with one attached hydrogen (secondary N) is 1. The molecule has 0 saturated carbocycles. The zero-order valence-electron chi connectivity index (χ0n) is 12.8. The van der Waals surface area contributed by atoms with Crippen molar-refractivity contribution >= 4 is 11.4 Å². The minimum atomic E-state index is -0.337. The van der Waals surface area contributed by atoms with Crippen LogP contribution in [-0.4, -0.2) is 13.7 Å². The number of ether oxygens (including phenoxy) is 1. The topological polar surface area (TPSA) is 76.5 Å². The number of rotatable bonds is 2. The van der Waals surface area contributed by atoms with E-state index in [9.17, 15) is 4.39 Å². The molecule has 2 aromatic rings. The molecule has 1 aliphatic rings. The van der Waals surface area contributed by atoms with E-state index in [2.05, 4.69) is 5.32 Å². The summed E-state index contributed by atoms with van der Waals surface area (Å²) in [6, 6.07) is 12.0. The van der Waals surface area contributed by atoms with Crippen LogP contribution in [0.2, 0.25) is 0 Å². The minimum Gasteiger partial charge on any atom is -0.496 e. The van der Waals surface area contributed by atoms with Crippen LogP contribution in [0.4, 0.5) is 10.1 Å². The van der Waals surface area contributed by atoms with Crippen molar-refractivity contribution in [2.45, 2.75) is 6.54 Å². The number of para-hydroxylation sites is 1. The van der Waals surface area contributed by atoms with Gasteiger partial charge < -0.3 is 15.8 Å². The van der Waals surface area contributed by atoms with Crippen LogP contribution in [-0.2, 0) is 6.54 Å². The summed E-state index contributed by atoms with van der Waals surface area (Å²) in [4.78, 5) is 0. The van der Waals surface area contributed by atoms with Gasteiger partial charge in [-0.1, -0.05) is 18.2 Å². The van der Waals surface area contributed by atoms with Crippen LogP contribution < -0.4 is 26.6 Å². The Morgan fingerprint density at radius 1 is 1.22 bits per heavy atom. The lowest BCUT2D eigenvalue weighted by Crippen LogP contribution is -2.35. The van der Waals surface area contributed by atoms with E-state index in [4.69, 9.17) is 16.3 Å². The fraction of sp³-hybridized carbons (Fsp3) is 0.176. The van der Waals surface area contributed by atoms with E-state index in [0.29, 0.717) is 35.9 Å². The first-order chi connectivity index (χ1) is 11.1. The lowest BCUT2D eigenvalue weighted by Gasteiger charge is -2.24. The average Bonchev–Trinajstić information content (AvgIpc) is 2.73. The Balaban J connectivity index is 2.11. The highest BCUT2D eigenvalue weighted by atomic mass is 19.1. The van der Waals surface area contributed by atoms with E-state index in [1.807, 2.05) is 24.3 Å². The van der Waals surface area contributed by atoms with Crippen molar-refractivity contribution in [3.8, 4) is 5.75 Å². The molecule has 23 heavy (non-hydrogen) atoms. The molecule has 0 atom stereocenters. The Bertz CT molecular complexity index is 760. The zero-order valence-corrected chi connectivity index (χ0v) is 12.8. The SMILES string of the molecule is COc1ccccc1/C(N)=C1\CNCc2ccc(F)cc2N1N. The molecule has 3 rings (SSSR count). The maximum Gasteiger partial charge on any atom is 0.128 e. The number of halogens is 1. The van der Waals surface area contributed by atoms with Crippen LogP contribution in [0.1, 0.15) is 11.1 Å². The number of fused-ring (bicyclic) bond motifs is 1. The molecule has 0 amide bonds. The highest BCUT2D eigenvalue weighted by Gasteiger charge is 2.21. The molecule has 1 aliphatic heterocycles. The molecule has 1 heterocycles. The summed E-state index contributed by atoms with van der Waals surface area (Å²) in [5, 5.41) is 4.71. The predicted octanol–water partition coefficient (Wildman–Crippen LogP) is 1.95. The number of hydrogen-bond acceptors (Lipinski definition) is 5. The summed E-state index contributed by atoms with van der Waals surface area (Å²) in [6.45, 7) is 1.06. The van der Waals surface area contributed by atoms with Crippen molar-refractivity contribution in [3.05, 3.63) is 65.1 Å². The van der Waals surface area contributed by atoms with Gasteiger partial charge >= 0.3 is 0 Å². The van der Waals surface area contributed by atoms with Gasteiger partial charge in [-0.05, 0) is 29.8 Å². The number of anilines is 1. The van der Waals surface area contributed by atoms with Gasteiger partial charge in [0.15, 0.2) is 0 Å². The third kappa shape index (κ3) is 2.86. The Labute approximate surface area is 134 Å². The number of nitrogens with two attached hydrogens (primary N) is 2. The van der Waals surface area contributed by atoms with Crippen molar-refractivity contribution in [1.29, 1.82) is 0 Å². The van der Waals surface area contributed by atoms with Crippen LogP contribution in [0.15, 0.2) is 48.2 Å². The average molecular weight is 314 g/mol. The number of hydrazine groups is 1. The van der Waals surface area contributed by atoms with E-state index in [1.54, 1.807) is 13.2 Å². The monoisotopic (exact) mass is 314 g/mol. The molecular formula is C17H19FN4O. The molecule has 0 unspecified atom stereocenters. The summed E-state index contributed by atoms with van der Waals surface area (Å²) in [5.74, 6) is 6.56. The molecular weight excluding hydrogens is 295 g/mol. The first kappa shape index (κ1) is 15.3. The van der Waals surface area contributed by atoms with Gasteiger partial charge in [0, 0.05) is 18.7 Å². The van der Waals surface area contributed by atoms with Crippen LogP contribution in [0.25, 0.3) is 5.70 Å². The van der Waals surface area contributed by atoms with Crippen molar-refractivity contribution in [2.24, 2.45) is 11.6 Å². The van der Waals surface area contributed by atoms with Gasteiger partial charge in [-0.3, -0.25) is 5.01 Å². The second-order valence-corrected chi connectivity index (χ2v) is 5.31. The van der Waals surface area contributed by atoms with Crippen molar-refractivity contribution in [1.82, 2.24) is 5.32 Å². The summed E-state index contributed by atoms with van der Waals surface area (Å²) >= 11 is 0. The molecule has 0 radical (unpaired) electrons. The highest BCUT2D eigenvalue weighted by molar-refractivity contribution is 5.75. The maximum absolute atomic E-state index is 13.6. The van der Waals surface area contributed by atoms with Crippen molar-refractivity contribution in [3.63, 3.8) is 0 Å². The van der Waals surface area contributed by atoms with Gasteiger partial charge in [0.05, 0.1) is 24.2 Å². The first-order valence-corrected chi connectivity index (χ1v) is 7.28. The summed E-state index contributed by atoms with van der Waals surface area (Å²) in [7, 11) is 1.59. The standard InChI is InChI=1S/C17H19FN4O/c1-23-16-5-3-2-4-13(16)17(19)15-10-21-9-11-6-7-12(18)8-14(11)22(15)20/h2-8,21H,9-10,19-20H2,1H3/b17-15-. The lowest BCUT2D eigenvalue weighted by atomic mass is 10.1. The molecule has 2 aromatic carbocycles. The van der Waals surface area contributed by atoms with Crippen LogP contribution in [0.3, 0.4) is 0 Å². The fourth-order valence-corrected chi connectivity index (χ4v) is 2.70. The molecule has 120 valence electrons. The lowest BCUT2D eigenvalue weighted by molar-refractivity contribution is 0.413. The van der Waals surface area contributed by atoms with Gasteiger partial charge in [-0.15, -0.1) is 0 Å². The second-order valence-electron chi connectivity index (χ2n) is 5.31. The number of benzene rings is 2. The zero-order chi connectivity index (χ0) is 16.4. The minimum absolute atomic E-state index is 0.337.